The maximum absolute atomic E-state index is 11.6. The Balaban J connectivity index is 3.13. The van der Waals surface area contributed by atoms with E-state index in [4.69, 9.17) is 10.5 Å². The molecule has 0 heterocycles. The first-order chi connectivity index (χ1) is 11.3. The number of carbonyl (C=O) groups is 1. The maximum atomic E-state index is 11.6. The van der Waals surface area contributed by atoms with Gasteiger partial charge in [-0.15, -0.1) is 0 Å². The lowest BCUT2D eigenvalue weighted by Crippen LogP contribution is -2.18. The second kappa shape index (κ2) is 19.4. The van der Waals surface area contributed by atoms with Crippen LogP contribution in [0.15, 0.2) is 0 Å². The molecule has 138 valence electrons. The van der Waals surface area contributed by atoms with Crippen LogP contribution in [0.25, 0.3) is 0 Å². The highest BCUT2D eigenvalue weighted by Gasteiger charge is 2.02. The third-order valence-corrected chi connectivity index (χ3v) is 4.05. The van der Waals surface area contributed by atoms with Gasteiger partial charge in [-0.2, -0.15) is 0 Å². The summed E-state index contributed by atoms with van der Waals surface area (Å²) in [5, 5.41) is 3.38. The molecule has 4 heteroatoms. The standard InChI is InChI=1S/C19H40N2O2/c1-2-3-4-5-6-9-12-18-23-19(22)14-13-17-21-16-11-8-7-10-15-20/h21H,2-18,20H2,1H3. The average molecular weight is 329 g/mol. The minimum Gasteiger partial charge on any atom is -0.466 e. The Morgan fingerprint density at radius 1 is 0.826 bits per heavy atom. The van der Waals surface area contributed by atoms with E-state index in [9.17, 15) is 4.79 Å². The molecule has 0 aromatic rings. The van der Waals surface area contributed by atoms with Crippen LogP contribution in [-0.2, 0) is 9.53 Å². The third-order valence-electron chi connectivity index (χ3n) is 4.05. The Bertz CT molecular complexity index is 248. The summed E-state index contributed by atoms with van der Waals surface area (Å²) < 4.78 is 5.26. The Morgan fingerprint density at radius 3 is 2.17 bits per heavy atom. The van der Waals surface area contributed by atoms with Crippen molar-refractivity contribution in [2.24, 2.45) is 5.73 Å². The topological polar surface area (TPSA) is 64.3 Å². The number of ether oxygens (including phenoxy) is 1. The number of unbranched alkanes of at least 4 members (excludes halogenated alkanes) is 9. The van der Waals surface area contributed by atoms with Crippen LogP contribution in [0.4, 0.5) is 0 Å². The molecule has 0 amide bonds. The van der Waals surface area contributed by atoms with Crippen molar-refractivity contribution in [3.63, 3.8) is 0 Å². The molecular formula is C19H40N2O2. The van der Waals surface area contributed by atoms with Crippen LogP contribution in [0.1, 0.15) is 90.4 Å². The fraction of sp³-hybridized carbons (Fsp3) is 0.947. The Hall–Kier alpha value is -0.610. The molecule has 0 aromatic heterocycles. The van der Waals surface area contributed by atoms with Gasteiger partial charge in [-0.1, -0.05) is 58.3 Å². The van der Waals surface area contributed by atoms with E-state index in [0.717, 1.165) is 38.9 Å². The van der Waals surface area contributed by atoms with Crippen molar-refractivity contribution >= 4 is 5.97 Å². The average Bonchev–Trinajstić information content (AvgIpc) is 2.56. The molecule has 0 aromatic carbocycles. The molecule has 0 saturated heterocycles. The molecule has 0 saturated carbocycles. The lowest BCUT2D eigenvalue weighted by Gasteiger charge is -2.06. The van der Waals surface area contributed by atoms with E-state index in [2.05, 4.69) is 12.2 Å². The zero-order chi connectivity index (χ0) is 17.0. The minimum atomic E-state index is -0.0410. The van der Waals surface area contributed by atoms with Crippen molar-refractivity contribution in [3.8, 4) is 0 Å². The van der Waals surface area contributed by atoms with Gasteiger partial charge in [0.25, 0.3) is 0 Å². The van der Waals surface area contributed by atoms with Gasteiger partial charge in [0, 0.05) is 6.42 Å². The van der Waals surface area contributed by atoms with Crippen LogP contribution >= 0.6 is 0 Å². The number of hydrogen-bond acceptors (Lipinski definition) is 4. The number of carbonyl (C=O) groups excluding carboxylic acids is 1. The van der Waals surface area contributed by atoms with E-state index >= 15 is 0 Å². The molecule has 4 nitrogen and oxygen atoms in total. The Labute approximate surface area is 143 Å². The smallest absolute Gasteiger partial charge is 0.305 e. The molecule has 0 atom stereocenters. The van der Waals surface area contributed by atoms with Gasteiger partial charge in [-0.05, 0) is 45.3 Å². The number of rotatable bonds is 18. The largest absolute Gasteiger partial charge is 0.466 e. The molecule has 0 spiro atoms. The summed E-state index contributed by atoms with van der Waals surface area (Å²) in [5.41, 5.74) is 5.45. The van der Waals surface area contributed by atoms with Gasteiger partial charge >= 0.3 is 5.97 Å². The van der Waals surface area contributed by atoms with Crippen LogP contribution in [0.2, 0.25) is 0 Å². The van der Waals surface area contributed by atoms with Crippen molar-refractivity contribution in [1.29, 1.82) is 0 Å². The SMILES string of the molecule is CCCCCCCCCOC(=O)CCCNCCCCCCN. The van der Waals surface area contributed by atoms with Gasteiger partial charge in [0.15, 0.2) is 0 Å². The van der Waals surface area contributed by atoms with E-state index in [1.54, 1.807) is 0 Å². The molecule has 0 radical (unpaired) electrons. The minimum absolute atomic E-state index is 0.0410. The monoisotopic (exact) mass is 328 g/mol. The van der Waals surface area contributed by atoms with E-state index < -0.39 is 0 Å². The van der Waals surface area contributed by atoms with Gasteiger partial charge in [-0.3, -0.25) is 4.79 Å². The van der Waals surface area contributed by atoms with Gasteiger partial charge in [-0.25, -0.2) is 0 Å². The van der Waals surface area contributed by atoms with Gasteiger partial charge in [0.05, 0.1) is 6.61 Å². The second-order valence-electron chi connectivity index (χ2n) is 6.40. The van der Waals surface area contributed by atoms with Crippen molar-refractivity contribution in [1.82, 2.24) is 5.32 Å². The lowest BCUT2D eigenvalue weighted by atomic mass is 10.1. The van der Waals surface area contributed by atoms with Crippen LogP contribution in [0.5, 0.6) is 0 Å². The zero-order valence-corrected chi connectivity index (χ0v) is 15.4. The van der Waals surface area contributed by atoms with E-state index in [1.807, 2.05) is 0 Å². The first-order valence-electron chi connectivity index (χ1n) is 9.87. The quantitative estimate of drug-likeness (QED) is 0.293. The molecular weight excluding hydrogens is 288 g/mol. The molecule has 0 fully saturated rings. The molecule has 3 N–H and O–H groups in total. The second-order valence-corrected chi connectivity index (χ2v) is 6.40. The van der Waals surface area contributed by atoms with Crippen LogP contribution in [0, 0.1) is 0 Å². The number of esters is 1. The van der Waals surface area contributed by atoms with Crippen LogP contribution in [0.3, 0.4) is 0 Å². The maximum Gasteiger partial charge on any atom is 0.305 e. The predicted molar refractivity (Wildman–Crippen MR) is 98.6 cm³/mol. The van der Waals surface area contributed by atoms with Gasteiger partial charge < -0.3 is 15.8 Å². The fourth-order valence-electron chi connectivity index (χ4n) is 2.55. The van der Waals surface area contributed by atoms with Crippen molar-refractivity contribution in [3.05, 3.63) is 0 Å². The van der Waals surface area contributed by atoms with E-state index in [-0.39, 0.29) is 5.97 Å². The highest BCUT2D eigenvalue weighted by atomic mass is 16.5. The van der Waals surface area contributed by atoms with Gasteiger partial charge in [0.2, 0.25) is 0 Å². The third kappa shape index (κ3) is 19.3. The van der Waals surface area contributed by atoms with E-state index in [0.29, 0.717) is 13.0 Å². The summed E-state index contributed by atoms with van der Waals surface area (Å²) in [6.45, 7) is 5.58. The normalized spacial score (nSPS) is 10.9. The summed E-state index contributed by atoms with van der Waals surface area (Å²) in [6.07, 6.45) is 15.0. The Morgan fingerprint density at radius 2 is 1.43 bits per heavy atom. The number of nitrogens with one attached hydrogen (secondary N) is 1. The summed E-state index contributed by atoms with van der Waals surface area (Å²) in [6, 6.07) is 0. The molecule has 0 aliphatic heterocycles. The Kier molecular flexibility index (Phi) is 18.9. The summed E-state index contributed by atoms with van der Waals surface area (Å²) in [4.78, 5) is 11.6. The first-order valence-corrected chi connectivity index (χ1v) is 9.87. The predicted octanol–water partition coefficient (Wildman–Crippen LogP) is 4.17. The molecule has 0 aliphatic rings. The lowest BCUT2D eigenvalue weighted by molar-refractivity contribution is -0.143. The molecule has 0 aliphatic carbocycles. The van der Waals surface area contributed by atoms with Crippen LogP contribution < -0.4 is 11.1 Å². The highest BCUT2D eigenvalue weighted by molar-refractivity contribution is 5.69. The molecule has 0 unspecified atom stereocenters. The number of nitrogens with two attached hydrogens (primary N) is 1. The van der Waals surface area contributed by atoms with Crippen molar-refractivity contribution in [2.45, 2.75) is 90.4 Å². The van der Waals surface area contributed by atoms with Crippen LogP contribution in [-0.4, -0.2) is 32.2 Å². The van der Waals surface area contributed by atoms with Gasteiger partial charge in [0.1, 0.15) is 0 Å². The summed E-state index contributed by atoms with van der Waals surface area (Å²) >= 11 is 0. The summed E-state index contributed by atoms with van der Waals surface area (Å²) in [7, 11) is 0. The number of hydrogen-bond donors (Lipinski definition) is 2. The summed E-state index contributed by atoms with van der Waals surface area (Å²) in [5.74, 6) is -0.0410. The molecule has 0 bridgehead atoms. The zero-order valence-electron chi connectivity index (χ0n) is 15.4. The molecule has 23 heavy (non-hydrogen) atoms. The highest BCUT2D eigenvalue weighted by Crippen LogP contribution is 2.07. The van der Waals surface area contributed by atoms with Crippen molar-refractivity contribution < 1.29 is 9.53 Å². The van der Waals surface area contributed by atoms with E-state index in [1.165, 1.54) is 57.8 Å². The fourth-order valence-corrected chi connectivity index (χ4v) is 2.55. The first kappa shape index (κ1) is 22.4. The molecule has 0 rings (SSSR count). The van der Waals surface area contributed by atoms with Crippen molar-refractivity contribution in [2.75, 3.05) is 26.2 Å².